The molecule has 0 N–H and O–H groups in total. The first kappa shape index (κ1) is 6.37. The lowest BCUT2D eigenvalue weighted by molar-refractivity contribution is -0.156. The molecule has 3 aliphatic rings. The summed E-state index contributed by atoms with van der Waals surface area (Å²) in [6.07, 6.45) is 3.20. The first-order chi connectivity index (χ1) is 5.77. The van der Waals surface area contributed by atoms with Crippen LogP contribution >= 0.6 is 0 Å². The first-order valence-corrected chi connectivity index (χ1v) is 3.87. The Morgan fingerprint density at radius 1 is 1.00 bits per heavy atom. The molecule has 12 heavy (non-hydrogen) atoms. The van der Waals surface area contributed by atoms with Crippen molar-refractivity contribution in [1.29, 1.82) is 0 Å². The second kappa shape index (κ2) is 1.77. The molecule has 2 fully saturated rings. The van der Waals surface area contributed by atoms with Crippen LogP contribution in [0.2, 0.25) is 0 Å². The second-order valence-corrected chi connectivity index (χ2v) is 3.24. The summed E-state index contributed by atoms with van der Waals surface area (Å²) >= 11 is 0. The molecule has 2 bridgehead atoms. The highest BCUT2D eigenvalue weighted by Crippen LogP contribution is 2.43. The topological polar surface area (TPSA) is 52.6 Å². The molecule has 0 amide bonds. The Balaban J connectivity index is 2.08. The van der Waals surface area contributed by atoms with Gasteiger partial charge in [-0.05, 0) is 0 Å². The lowest BCUT2D eigenvalue weighted by atomic mass is 9.85. The molecule has 3 heterocycles. The van der Waals surface area contributed by atoms with Crippen LogP contribution in [0.15, 0.2) is 12.2 Å². The van der Waals surface area contributed by atoms with Gasteiger partial charge in [-0.15, -0.1) is 0 Å². The van der Waals surface area contributed by atoms with E-state index in [1.54, 1.807) is 0 Å². The Labute approximate surface area is 68.1 Å². The van der Waals surface area contributed by atoms with E-state index in [1.807, 2.05) is 12.2 Å². The third-order valence-electron chi connectivity index (χ3n) is 2.65. The predicted molar refractivity (Wildman–Crippen MR) is 35.9 cm³/mol. The van der Waals surface area contributed by atoms with Gasteiger partial charge in [-0.3, -0.25) is 9.59 Å². The molecule has 62 valence electrons. The van der Waals surface area contributed by atoms with Crippen LogP contribution < -0.4 is 0 Å². The highest BCUT2D eigenvalue weighted by Gasteiger charge is 2.59. The van der Waals surface area contributed by atoms with Crippen molar-refractivity contribution < 1.29 is 19.1 Å². The summed E-state index contributed by atoms with van der Waals surface area (Å²) in [5.41, 5.74) is 0. The van der Waals surface area contributed by atoms with Crippen molar-refractivity contribution in [2.24, 2.45) is 11.8 Å². The third kappa shape index (κ3) is 0.536. The minimum absolute atomic E-state index is 0.223. The number of ether oxygens (including phenoxy) is 2. The van der Waals surface area contributed by atoms with Crippen molar-refractivity contribution in [1.82, 2.24) is 0 Å². The third-order valence-corrected chi connectivity index (χ3v) is 2.65. The monoisotopic (exact) mass is 166 g/mol. The fourth-order valence-corrected chi connectivity index (χ4v) is 2.11. The van der Waals surface area contributed by atoms with Gasteiger partial charge in [0.1, 0.15) is 11.8 Å². The van der Waals surface area contributed by atoms with Gasteiger partial charge in [-0.25, -0.2) is 0 Å². The maximum absolute atomic E-state index is 11.1. The molecule has 4 atom stereocenters. The van der Waals surface area contributed by atoms with Gasteiger partial charge < -0.3 is 9.47 Å². The van der Waals surface area contributed by atoms with Gasteiger partial charge in [0.15, 0.2) is 0 Å². The predicted octanol–water partition coefficient (Wildman–Crippen LogP) is -0.361. The number of rotatable bonds is 0. The quantitative estimate of drug-likeness (QED) is 0.280. The van der Waals surface area contributed by atoms with Crippen molar-refractivity contribution in [2.75, 3.05) is 0 Å². The van der Waals surface area contributed by atoms with Crippen LogP contribution in [-0.2, 0) is 19.1 Å². The smallest absolute Gasteiger partial charge is 0.320 e. The highest BCUT2D eigenvalue weighted by molar-refractivity contribution is 5.98. The largest absolute Gasteiger partial charge is 0.393 e. The van der Waals surface area contributed by atoms with E-state index in [9.17, 15) is 9.59 Å². The van der Waals surface area contributed by atoms with Crippen molar-refractivity contribution >= 4 is 11.9 Å². The second-order valence-electron chi connectivity index (χ2n) is 3.24. The molecular formula is C8H6O4. The van der Waals surface area contributed by atoms with Crippen LogP contribution in [-0.4, -0.2) is 24.1 Å². The number of carbonyl (C=O) groups excluding carboxylic acids is 2. The van der Waals surface area contributed by atoms with E-state index in [4.69, 9.17) is 4.74 Å². The zero-order valence-corrected chi connectivity index (χ0v) is 6.10. The van der Waals surface area contributed by atoms with Gasteiger partial charge in [-0.1, -0.05) is 12.2 Å². The molecule has 4 heteroatoms. The minimum atomic E-state index is -0.429. The molecule has 0 spiro atoms. The van der Waals surface area contributed by atoms with Crippen molar-refractivity contribution in [3.8, 4) is 0 Å². The van der Waals surface area contributed by atoms with Gasteiger partial charge >= 0.3 is 11.9 Å². The van der Waals surface area contributed by atoms with E-state index in [-0.39, 0.29) is 24.0 Å². The standard InChI is InChI=1S/C8H6O4/c9-7-5-3-1-2-4(11-3)6(5)8(10)12-7/h1-6H/t3-,4+,5-,6+. The van der Waals surface area contributed by atoms with E-state index >= 15 is 0 Å². The van der Waals surface area contributed by atoms with Crippen LogP contribution in [0.4, 0.5) is 0 Å². The van der Waals surface area contributed by atoms with Gasteiger partial charge in [-0.2, -0.15) is 0 Å². The van der Waals surface area contributed by atoms with Gasteiger partial charge in [0, 0.05) is 0 Å². The molecule has 3 aliphatic heterocycles. The first-order valence-electron chi connectivity index (χ1n) is 3.87. The zero-order chi connectivity index (χ0) is 8.29. The van der Waals surface area contributed by atoms with Crippen LogP contribution in [0.3, 0.4) is 0 Å². The van der Waals surface area contributed by atoms with E-state index in [0.29, 0.717) is 0 Å². The Morgan fingerprint density at radius 2 is 1.50 bits per heavy atom. The number of cyclic esters (lactones) is 2. The average Bonchev–Trinajstić information content (AvgIpc) is 2.64. The molecule has 4 nitrogen and oxygen atoms in total. The maximum atomic E-state index is 11.1. The number of fused-ring (bicyclic) bond motifs is 5. The van der Waals surface area contributed by atoms with Gasteiger partial charge in [0.25, 0.3) is 0 Å². The summed E-state index contributed by atoms with van der Waals surface area (Å²) in [4.78, 5) is 22.2. The molecule has 0 aliphatic carbocycles. The molecule has 0 radical (unpaired) electrons. The van der Waals surface area contributed by atoms with E-state index in [2.05, 4.69) is 4.74 Å². The maximum Gasteiger partial charge on any atom is 0.320 e. The summed E-state index contributed by atoms with van der Waals surface area (Å²) < 4.78 is 9.86. The summed E-state index contributed by atoms with van der Waals surface area (Å²) in [6, 6.07) is 0. The molecule has 0 saturated carbocycles. The van der Waals surface area contributed by atoms with Crippen LogP contribution in [0, 0.1) is 11.8 Å². The average molecular weight is 166 g/mol. The normalized spacial score (nSPS) is 48.3. The zero-order valence-electron chi connectivity index (χ0n) is 6.10. The van der Waals surface area contributed by atoms with Crippen LogP contribution in [0.25, 0.3) is 0 Å². The fraction of sp³-hybridized carbons (Fsp3) is 0.500. The highest BCUT2D eigenvalue weighted by atomic mass is 16.6. The molecule has 2 saturated heterocycles. The van der Waals surface area contributed by atoms with Crippen LogP contribution in [0.5, 0.6) is 0 Å². The number of carbonyl (C=O) groups is 2. The van der Waals surface area contributed by atoms with Gasteiger partial charge in [0.2, 0.25) is 0 Å². The molecule has 0 aromatic rings. The van der Waals surface area contributed by atoms with E-state index < -0.39 is 11.9 Å². The summed E-state index contributed by atoms with van der Waals surface area (Å²) in [5, 5.41) is 0. The Bertz CT molecular complexity index is 278. The van der Waals surface area contributed by atoms with Crippen LogP contribution in [0.1, 0.15) is 0 Å². The Hall–Kier alpha value is -1.16. The molecule has 0 aromatic heterocycles. The lowest BCUT2D eigenvalue weighted by Crippen LogP contribution is -2.26. The van der Waals surface area contributed by atoms with Gasteiger partial charge in [0.05, 0.1) is 12.2 Å². The number of hydrogen-bond donors (Lipinski definition) is 0. The van der Waals surface area contributed by atoms with E-state index in [1.165, 1.54) is 0 Å². The summed E-state index contributed by atoms with van der Waals surface area (Å²) in [6.45, 7) is 0. The Kier molecular flexibility index (Phi) is 0.939. The van der Waals surface area contributed by atoms with Crippen molar-refractivity contribution in [2.45, 2.75) is 12.2 Å². The number of hydrogen-bond acceptors (Lipinski definition) is 4. The lowest BCUT2D eigenvalue weighted by Gasteiger charge is -2.08. The molecule has 0 unspecified atom stereocenters. The number of esters is 2. The molecule has 0 aromatic carbocycles. The fourth-order valence-electron chi connectivity index (χ4n) is 2.11. The Morgan fingerprint density at radius 3 is 2.00 bits per heavy atom. The van der Waals surface area contributed by atoms with Crippen molar-refractivity contribution in [3.05, 3.63) is 12.2 Å². The SMILES string of the molecule is O=C1OC(=O)[C@H]2[C@@H]1[C@@H]1C=C[C@H]2O1. The minimum Gasteiger partial charge on any atom is -0.393 e. The molecular weight excluding hydrogens is 160 g/mol. The summed E-state index contributed by atoms with van der Waals surface area (Å²) in [7, 11) is 0. The van der Waals surface area contributed by atoms with Crippen molar-refractivity contribution in [3.63, 3.8) is 0 Å². The molecule has 3 rings (SSSR count). The summed E-state index contributed by atoms with van der Waals surface area (Å²) in [5.74, 6) is -1.59. The van der Waals surface area contributed by atoms with E-state index in [0.717, 1.165) is 0 Å².